The van der Waals surface area contributed by atoms with Gasteiger partial charge in [-0.1, -0.05) is 140 Å². The summed E-state index contributed by atoms with van der Waals surface area (Å²) in [4.78, 5) is 0. The van der Waals surface area contributed by atoms with Crippen molar-refractivity contribution in [2.75, 3.05) is 0 Å². The molecule has 0 fully saturated rings. The molecule has 10 aromatic carbocycles. The molecular formula is C48H28O. The van der Waals surface area contributed by atoms with Gasteiger partial charge in [0.05, 0.1) is 0 Å². The van der Waals surface area contributed by atoms with Gasteiger partial charge < -0.3 is 4.42 Å². The summed E-state index contributed by atoms with van der Waals surface area (Å²) in [6.07, 6.45) is 0. The van der Waals surface area contributed by atoms with Crippen LogP contribution in [-0.2, 0) is 0 Å². The van der Waals surface area contributed by atoms with Crippen molar-refractivity contribution in [3.63, 3.8) is 0 Å². The van der Waals surface area contributed by atoms with E-state index in [2.05, 4.69) is 164 Å². The number of para-hydroxylation sites is 2. The Kier molecular flexibility index (Phi) is 5.45. The van der Waals surface area contributed by atoms with Crippen molar-refractivity contribution >= 4 is 75.8 Å². The lowest BCUT2D eigenvalue weighted by Gasteiger charge is -2.16. The number of fused-ring (bicyclic) bond motifs is 5. The third-order valence-corrected chi connectivity index (χ3v) is 10.6. The first-order valence-electron chi connectivity index (χ1n) is 16.9. The van der Waals surface area contributed by atoms with Gasteiger partial charge in [-0.15, -0.1) is 0 Å². The van der Waals surface area contributed by atoms with Crippen LogP contribution >= 0.6 is 0 Å². The fourth-order valence-electron chi connectivity index (χ4n) is 8.24. The van der Waals surface area contributed by atoms with Crippen molar-refractivity contribution in [1.82, 2.24) is 0 Å². The van der Waals surface area contributed by atoms with Crippen molar-refractivity contribution in [3.8, 4) is 33.4 Å². The summed E-state index contributed by atoms with van der Waals surface area (Å²) in [5, 5.41) is 15.0. The van der Waals surface area contributed by atoms with Crippen molar-refractivity contribution < 1.29 is 4.42 Å². The molecule has 0 N–H and O–H groups in total. The summed E-state index contributed by atoms with van der Waals surface area (Å²) in [5.41, 5.74) is 9.15. The van der Waals surface area contributed by atoms with Gasteiger partial charge >= 0.3 is 0 Å². The lowest BCUT2D eigenvalue weighted by atomic mass is 9.87. The minimum Gasteiger partial charge on any atom is -0.455 e. The zero-order valence-electron chi connectivity index (χ0n) is 26.6. The summed E-state index contributed by atoms with van der Waals surface area (Å²) < 4.78 is 6.48. The molecule has 0 unspecified atom stereocenters. The molecule has 0 bridgehead atoms. The highest BCUT2D eigenvalue weighted by atomic mass is 16.3. The number of benzene rings is 10. The van der Waals surface area contributed by atoms with Gasteiger partial charge in [-0.2, -0.15) is 0 Å². The predicted molar refractivity (Wildman–Crippen MR) is 209 cm³/mol. The summed E-state index contributed by atoms with van der Waals surface area (Å²) in [6.45, 7) is 0. The van der Waals surface area contributed by atoms with Gasteiger partial charge in [0.25, 0.3) is 0 Å². The van der Waals surface area contributed by atoms with Crippen LogP contribution in [0.15, 0.2) is 174 Å². The van der Waals surface area contributed by atoms with Crippen LogP contribution < -0.4 is 0 Å². The summed E-state index contributed by atoms with van der Waals surface area (Å²) in [6, 6.07) is 62.2. The summed E-state index contributed by atoms with van der Waals surface area (Å²) >= 11 is 0. The second-order valence-electron chi connectivity index (χ2n) is 13.3. The van der Waals surface area contributed by atoms with Crippen LogP contribution in [0, 0.1) is 0 Å². The molecule has 0 atom stereocenters. The number of hydrogen-bond donors (Lipinski definition) is 0. The Morgan fingerprint density at radius 3 is 1.84 bits per heavy atom. The Balaban J connectivity index is 1.10. The summed E-state index contributed by atoms with van der Waals surface area (Å²) in [7, 11) is 0. The van der Waals surface area contributed by atoms with Crippen molar-refractivity contribution in [1.29, 1.82) is 0 Å². The van der Waals surface area contributed by atoms with E-state index in [1.165, 1.54) is 81.7 Å². The van der Waals surface area contributed by atoms with Crippen molar-refractivity contribution in [2.24, 2.45) is 0 Å². The number of rotatable bonds is 3. The minimum atomic E-state index is 0.924. The van der Waals surface area contributed by atoms with E-state index in [-0.39, 0.29) is 0 Å². The number of hydrogen-bond acceptors (Lipinski definition) is 1. The van der Waals surface area contributed by atoms with Crippen LogP contribution in [0.2, 0.25) is 0 Å². The van der Waals surface area contributed by atoms with Gasteiger partial charge in [0.15, 0.2) is 0 Å². The quantitative estimate of drug-likeness (QED) is 0.179. The van der Waals surface area contributed by atoms with Crippen LogP contribution in [0.1, 0.15) is 0 Å². The van der Waals surface area contributed by atoms with Gasteiger partial charge in [-0.3, -0.25) is 0 Å². The zero-order valence-corrected chi connectivity index (χ0v) is 26.6. The molecule has 0 saturated carbocycles. The molecule has 0 saturated heterocycles. The fourth-order valence-corrected chi connectivity index (χ4v) is 8.24. The Bertz CT molecular complexity index is 3090. The van der Waals surface area contributed by atoms with Gasteiger partial charge in [-0.05, 0) is 112 Å². The van der Waals surface area contributed by atoms with Gasteiger partial charge in [0.2, 0.25) is 0 Å². The van der Waals surface area contributed by atoms with Crippen LogP contribution in [0.3, 0.4) is 0 Å². The molecule has 49 heavy (non-hydrogen) atoms. The zero-order chi connectivity index (χ0) is 32.1. The first kappa shape index (κ1) is 26.6. The maximum atomic E-state index is 6.48. The highest BCUT2D eigenvalue weighted by Gasteiger charge is 2.18. The molecule has 0 amide bonds. The van der Waals surface area contributed by atoms with Crippen LogP contribution in [0.25, 0.3) is 109 Å². The Labute approximate surface area is 282 Å². The monoisotopic (exact) mass is 620 g/mol. The SMILES string of the molecule is c1ccc2cc(-c3ccc4cccc(-c5cc6ccc7ccc(-c8cccc9c8oc8ccccc89)c8ccc(c5)c6c78)c4c3)ccc2c1. The van der Waals surface area contributed by atoms with Crippen molar-refractivity contribution in [2.45, 2.75) is 0 Å². The Morgan fingerprint density at radius 1 is 0.286 bits per heavy atom. The normalized spacial score (nSPS) is 12.1. The van der Waals surface area contributed by atoms with E-state index in [1.807, 2.05) is 6.07 Å². The molecule has 11 aromatic rings. The van der Waals surface area contributed by atoms with Gasteiger partial charge in [0, 0.05) is 16.3 Å². The smallest absolute Gasteiger partial charge is 0.143 e. The van der Waals surface area contributed by atoms with Gasteiger partial charge in [-0.25, -0.2) is 0 Å². The first-order chi connectivity index (χ1) is 24.3. The lowest BCUT2D eigenvalue weighted by molar-refractivity contribution is 0.670. The van der Waals surface area contributed by atoms with Crippen molar-refractivity contribution in [3.05, 3.63) is 170 Å². The van der Waals surface area contributed by atoms with Gasteiger partial charge in [0.1, 0.15) is 11.2 Å². The minimum absolute atomic E-state index is 0.924. The average molecular weight is 621 g/mol. The van der Waals surface area contributed by atoms with E-state index in [1.54, 1.807) is 0 Å². The molecular weight excluding hydrogens is 593 g/mol. The molecule has 1 aromatic heterocycles. The molecule has 11 rings (SSSR count). The van der Waals surface area contributed by atoms with E-state index in [0.29, 0.717) is 0 Å². The third kappa shape index (κ3) is 3.94. The Hall–Kier alpha value is -6.44. The third-order valence-electron chi connectivity index (χ3n) is 10.6. The Morgan fingerprint density at radius 2 is 0.918 bits per heavy atom. The van der Waals surface area contributed by atoms with Crippen LogP contribution in [0.5, 0.6) is 0 Å². The highest BCUT2D eigenvalue weighted by Crippen LogP contribution is 2.44. The second kappa shape index (κ2) is 10.0. The molecule has 1 nitrogen and oxygen atoms in total. The largest absolute Gasteiger partial charge is 0.455 e. The van der Waals surface area contributed by atoms with E-state index in [9.17, 15) is 0 Å². The lowest BCUT2D eigenvalue weighted by Crippen LogP contribution is -1.89. The standard InChI is InChI=1S/C48H28O/c1-2-8-32-25-33(18-15-29(32)7-1)34-19-16-30-9-5-11-38(44(30)28-34)37-26-35-20-17-31-21-23-39(41-24-22-36(27-37)46(35)47(31)41)42-12-6-13-43-40-10-3-4-14-45(40)49-48(42)43/h1-28H. The second-order valence-corrected chi connectivity index (χ2v) is 13.3. The molecule has 226 valence electrons. The highest BCUT2D eigenvalue weighted by molar-refractivity contribution is 6.27. The van der Waals surface area contributed by atoms with Crippen LogP contribution in [0.4, 0.5) is 0 Å². The number of furan rings is 1. The molecule has 0 aliphatic heterocycles. The molecule has 0 spiro atoms. The molecule has 1 heterocycles. The molecule has 0 radical (unpaired) electrons. The summed E-state index contributed by atoms with van der Waals surface area (Å²) in [5.74, 6) is 0. The van der Waals surface area contributed by atoms with E-state index >= 15 is 0 Å². The predicted octanol–water partition coefficient (Wildman–Crippen LogP) is 13.8. The van der Waals surface area contributed by atoms with E-state index in [0.717, 1.165) is 27.5 Å². The maximum Gasteiger partial charge on any atom is 0.143 e. The molecule has 0 aliphatic rings. The molecule has 0 aliphatic carbocycles. The van der Waals surface area contributed by atoms with E-state index in [4.69, 9.17) is 4.42 Å². The fraction of sp³-hybridized carbons (Fsp3) is 0. The maximum absolute atomic E-state index is 6.48. The average Bonchev–Trinajstić information content (AvgIpc) is 3.55. The molecule has 1 heteroatoms. The topological polar surface area (TPSA) is 13.1 Å². The van der Waals surface area contributed by atoms with Crippen LogP contribution in [-0.4, -0.2) is 0 Å². The van der Waals surface area contributed by atoms with E-state index < -0.39 is 0 Å². The first-order valence-corrected chi connectivity index (χ1v) is 16.9.